The van der Waals surface area contributed by atoms with Gasteiger partial charge in [0.15, 0.2) is 11.2 Å². The molecule has 0 spiro atoms. The monoisotopic (exact) mass is 463 g/mol. The summed E-state index contributed by atoms with van der Waals surface area (Å²) in [5.41, 5.74) is 0.650. The third kappa shape index (κ3) is 4.90. The first kappa shape index (κ1) is 23.6. The topological polar surface area (TPSA) is 126 Å². The van der Waals surface area contributed by atoms with Gasteiger partial charge in [-0.25, -0.2) is 9.78 Å². The van der Waals surface area contributed by atoms with E-state index in [9.17, 15) is 18.9 Å². The van der Waals surface area contributed by atoms with Gasteiger partial charge in [0.25, 0.3) is 5.56 Å². The molecule has 1 aromatic carbocycles. The molecule has 3 aromatic rings. The minimum Gasteiger partial charge on any atom is -0.325 e. The fourth-order valence-corrected chi connectivity index (χ4v) is 5.01. The smallest absolute Gasteiger partial charge is 0.325 e. The van der Waals surface area contributed by atoms with E-state index in [0.717, 1.165) is 10.1 Å². The summed E-state index contributed by atoms with van der Waals surface area (Å²) in [6.07, 6.45) is 1.49. The lowest BCUT2D eigenvalue weighted by atomic mass is 10.2. The molecular weight excluding hydrogens is 437 g/mol. The first-order valence-corrected chi connectivity index (χ1v) is 11.8. The number of hydrogen-bond donors (Lipinski definition) is 1. The number of carbonyl (C=O) groups excluding carboxylic acids is 1. The number of nitrogens with zero attached hydrogens (tertiary/aromatic N) is 4. The molecule has 0 unspecified atom stereocenters. The van der Waals surface area contributed by atoms with E-state index in [1.54, 1.807) is 38.1 Å². The maximum Gasteiger partial charge on any atom is 0.335 e. The van der Waals surface area contributed by atoms with Crippen LogP contribution in [0.25, 0.3) is 11.2 Å². The van der Waals surface area contributed by atoms with Gasteiger partial charge < -0.3 is 18.9 Å². The quantitative estimate of drug-likeness (QED) is 0.480. The van der Waals surface area contributed by atoms with Crippen molar-refractivity contribution in [1.82, 2.24) is 18.7 Å². The summed E-state index contributed by atoms with van der Waals surface area (Å²) in [6.45, 7) is 3.92. The number of amides is 1. The van der Waals surface area contributed by atoms with Crippen molar-refractivity contribution < 1.29 is 18.4 Å². The average Bonchev–Trinajstić information content (AvgIpc) is 3.16. The Labute approximate surface area is 184 Å². The molecule has 0 fully saturated rings. The molecule has 1 N–H and O–H groups in total. The van der Waals surface area contributed by atoms with Gasteiger partial charge in [0, 0.05) is 19.8 Å². The Hall–Kier alpha value is -3.01. The molecule has 1 amide bonds. The summed E-state index contributed by atoms with van der Waals surface area (Å²) >= 11 is 0. The van der Waals surface area contributed by atoms with Gasteiger partial charge in [0.2, 0.25) is 5.91 Å². The number of rotatable bonds is 9. The van der Waals surface area contributed by atoms with E-state index >= 15 is 0 Å². The lowest BCUT2D eigenvalue weighted by molar-refractivity contribution is -0.116. The second kappa shape index (κ2) is 9.64. The Bertz CT molecular complexity index is 1280. The maximum absolute atomic E-state index is 12.7. The second-order valence-corrected chi connectivity index (χ2v) is 9.15. The molecule has 3 rings (SSSR count). The summed E-state index contributed by atoms with van der Waals surface area (Å²) in [5, 5.41) is 2.75. The van der Waals surface area contributed by atoms with Crippen LogP contribution in [0.3, 0.4) is 0 Å². The number of aromatic nitrogens is 4. The highest BCUT2D eigenvalue weighted by atomic mass is 31.2. The third-order valence-corrected chi connectivity index (χ3v) is 6.85. The van der Waals surface area contributed by atoms with Gasteiger partial charge in [-0.3, -0.25) is 23.3 Å². The van der Waals surface area contributed by atoms with Crippen molar-refractivity contribution in [3.8, 4) is 0 Å². The first-order valence-electron chi connectivity index (χ1n) is 10.1. The van der Waals surface area contributed by atoms with Crippen LogP contribution in [-0.4, -0.2) is 37.8 Å². The van der Waals surface area contributed by atoms with Gasteiger partial charge in [-0.2, -0.15) is 0 Å². The van der Waals surface area contributed by atoms with Crippen LogP contribution in [-0.2, 0) is 45.2 Å². The predicted octanol–water partition coefficient (Wildman–Crippen LogP) is 1.84. The van der Waals surface area contributed by atoms with Crippen molar-refractivity contribution in [3.05, 3.63) is 57.0 Å². The zero-order valence-corrected chi connectivity index (χ0v) is 19.3. The Morgan fingerprint density at radius 2 is 1.69 bits per heavy atom. The van der Waals surface area contributed by atoms with E-state index in [2.05, 4.69) is 10.3 Å². The van der Waals surface area contributed by atoms with Crippen LogP contribution in [0.5, 0.6) is 0 Å². The third-order valence-electron chi connectivity index (χ3n) is 4.80. The number of anilines is 1. The molecule has 2 heterocycles. The largest absolute Gasteiger partial charge is 0.335 e. The molecule has 0 saturated carbocycles. The average molecular weight is 463 g/mol. The lowest BCUT2D eigenvalue weighted by Gasteiger charge is -2.17. The van der Waals surface area contributed by atoms with Gasteiger partial charge in [-0.15, -0.1) is 0 Å². The molecule has 0 aliphatic heterocycles. The van der Waals surface area contributed by atoms with E-state index in [0.29, 0.717) is 5.69 Å². The Kier molecular flexibility index (Phi) is 7.12. The molecule has 0 aliphatic rings. The van der Waals surface area contributed by atoms with E-state index in [1.165, 1.54) is 29.6 Å². The molecule has 0 aliphatic carbocycles. The van der Waals surface area contributed by atoms with Crippen LogP contribution in [0.2, 0.25) is 0 Å². The fraction of sp³-hybridized carbons (Fsp3) is 0.400. The minimum atomic E-state index is -3.22. The number of benzene rings is 1. The molecule has 0 radical (unpaired) electrons. The van der Waals surface area contributed by atoms with Crippen molar-refractivity contribution in [2.24, 2.45) is 14.1 Å². The van der Waals surface area contributed by atoms with Gasteiger partial charge in [0.1, 0.15) is 6.54 Å². The Morgan fingerprint density at radius 1 is 1.06 bits per heavy atom. The normalized spacial score (nSPS) is 11.8. The fourth-order valence-electron chi connectivity index (χ4n) is 3.31. The van der Waals surface area contributed by atoms with E-state index in [1.807, 2.05) is 0 Å². The number of fused-ring (bicyclic) bond motifs is 1. The summed E-state index contributed by atoms with van der Waals surface area (Å²) in [7, 11) is -0.329. The van der Waals surface area contributed by atoms with Crippen molar-refractivity contribution >= 4 is 30.4 Å². The van der Waals surface area contributed by atoms with Gasteiger partial charge >= 0.3 is 13.3 Å². The summed E-state index contributed by atoms with van der Waals surface area (Å²) in [5.74, 6) is -0.373. The standard InChI is InChI=1S/C20H26N5O6P/c1-5-30-32(29,31-6-2)12-14-7-9-15(10-8-14)22-16(26)11-25-13-21-18-17(25)19(27)24(4)20(28)23(18)3/h7-10,13H,5-6,11-12H2,1-4H3,(H,22,26). The number of nitrogens with one attached hydrogen (secondary N) is 1. The van der Waals surface area contributed by atoms with E-state index < -0.39 is 18.8 Å². The minimum absolute atomic E-state index is 0.131. The van der Waals surface area contributed by atoms with E-state index in [4.69, 9.17) is 9.05 Å². The van der Waals surface area contributed by atoms with Crippen LogP contribution in [0.15, 0.2) is 40.2 Å². The highest BCUT2D eigenvalue weighted by Gasteiger charge is 2.24. The van der Waals surface area contributed by atoms with Crippen molar-refractivity contribution in [1.29, 1.82) is 0 Å². The van der Waals surface area contributed by atoms with Crippen LogP contribution in [0, 0.1) is 0 Å². The molecule has 32 heavy (non-hydrogen) atoms. The van der Waals surface area contributed by atoms with Crippen molar-refractivity contribution in [2.75, 3.05) is 18.5 Å². The molecule has 0 saturated heterocycles. The van der Waals surface area contributed by atoms with Gasteiger partial charge in [-0.05, 0) is 31.5 Å². The van der Waals surface area contributed by atoms with Crippen LogP contribution >= 0.6 is 7.60 Å². The zero-order chi connectivity index (χ0) is 23.5. The molecule has 0 bridgehead atoms. The van der Waals surface area contributed by atoms with Crippen LogP contribution in [0.1, 0.15) is 19.4 Å². The van der Waals surface area contributed by atoms with Gasteiger partial charge in [-0.1, -0.05) is 12.1 Å². The Morgan fingerprint density at radius 3 is 2.28 bits per heavy atom. The van der Waals surface area contributed by atoms with Crippen molar-refractivity contribution in [3.63, 3.8) is 0 Å². The highest BCUT2D eigenvalue weighted by Crippen LogP contribution is 2.51. The molecule has 12 heteroatoms. The molecular formula is C20H26N5O6P. The first-order chi connectivity index (χ1) is 15.2. The number of aryl methyl sites for hydroxylation is 1. The van der Waals surface area contributed by atoms with Gasteiger partial charge in [0.05, 0.1) is 25.7 Å². The Balaban J connectivity index is 1.73. The zero-order valence-electron chi connectivity index (χ0n) is 18.4. The lowest BCUT2D eigenvalue weighted by Crippen LogP contribution is -2.37. The van der Waals surface area contributed by atoms with Crippen molar-refractivity contribution in [2.45, 2.75) is 26.6 Å². The molecule has 0 atom stereocenters. The van der Waals surface area contributed by atoms with Crippen LogP contribution in [0.4, 0.5) is 5.69 Å². The second-order valence-electron chi connectivity index (χ2n) is 7.10. The molecule has 2 aromatic heterocycles. The number of carbonyl (C=O) groups is 1. The number of imidazole rings is 1. The van der Waals surface area contributed by atoms with Crippen LogP contribution < -0.4 is 16.6 Å². The summed E-state index contributed by atoms with van der Waals surface area (Å²) in [4.78, 5) is 41.1. The predicted molar refractivity (Wildman–Crippen MR) is 120 cm³/mol. The van der Waals surface area contributed by atoms with E-state index in [-0.39, 0.29) is 43.0 Å². The maximum atomic E-state index is 12.7. The molecule has 11 nitrogen and oxygen atoms in total. The molecule has 172 valence electrons. The SMILES string of the molecule is CCOP(=O)(Cc1ccc(NC(=O)Cn2cnc3c2c(=O)n(C)c(=O)n3C)cc1)OCC. The summed E-state index contributed by atoms with van der Waals surface area (Å²) < 4.78 is 26.9. The highest BCUT2D eigenvalue weighted by molar-refractivity contribution is 7.53. The summed E-state index contributed by atoms with van der Waals surface area (Å²) in [6, 6.07) is 6.84. The number of hydrogen-bond acceptors (Lipinski definition) is 7.